The highest BCUT2D eigenvalue weighted by Gasteiger charge is 2.14. The first-order valence-electron chi connectivity index (χ1n) is 5.10. The van der Waals surface area contributed by atoms with Crippen LogP contribution in [0.25, 0.3) is 10.2 Å². The summed E-state index contributed by atoms with van der Waals surface area (Å²) in [7, 11) is 1.39. The summed E-state index contributed by atoms with van der Waals surface area (Å²) < 4.78 is 4.71. The number of carbonyl (C=O) groups is 1. The topological polar surface area (TPSA) is 39.2 Å². The predicted molar refractivity (Wildman–Crippen MR) is 65.0 cm³/mol. The van der Waals surface area contributed by atoms with Crippen LogP contribution in [0, 0.1) is 0 Å². The number of carbonyl (C=O) groups excluding carboxylic acids is 1. The molecule has 0 unspecified atom stereocenters. The van der Waals surface area contributed by atoms with E-state index in [1.807, 2.05) is 12.1 Å². The molecule has 0 radical (unpaired) electrons. The third kappa shape index (κ3) is 1.80. The van der Waals surface area contributed by atoms with Crippen molar-refractivity contribution >= 4 is 27.5 Å². The van der Waals surface area contributed by atoms with Crippen molar-refractivity contribution in [1.82, 2.24) is 4.98 Å². The van der Waals surface area contributed by atoms with E-state index in [1.54, 1.807) is 6.20 Å². The molecule has 0 spiro atoms. The first-order chi connectivity index (χ1) is 7.63. The van der Waals surface area contributed by atoms with Crippen LogP contribution in [0.15, 0.2) is 18.3 Å². The lowest BCUT2D eigenvalue weighted by Gasteiger charge is -2.05. The summed E-state index contributed by atoms with van der Waals surface area (Å²) in [4.78, 5) is 17.2. The molecule has 0 aliphatic carbocycles. The van der Waals surface area contributed by atoms with Crippen LogP contribution in [0.4, 0.5) is 0 Å². The summed E-state index contributed by atoms with van der Waals surface area (Å²) in [6.45, 7) is 4.26. The number of thiophene rings is 1. The van der Waals surface area contributed by atoms with Crippen LogP contribution < -0.4 is 0 Å². The fourth-order valence-electron chi connectivity index (χ4n) is 1.66. The molecule has 0 saturated carbocycles. The Labute approximate surface area is 98.1 Å². The van der Waals surface area contributed by atoms with Crippen molar-refractivity contribution in [1.29, 1.82) is 0 Å². The molecular formula is C12H13NO2S. The van der Waals surface area contributed by atoms with Crippen molar-refractivity contribution in [3.05, 3.63) is 28.8 Å². The van der Waals surface area contributed by atoms with Gasteiger partial charge in [0.2, 0.25) is 0 Å². The number of ether oxygens (including phenoxy) is 1. The number of pyridine rings is 1. The van der Waals surface area contributed by atoms with Gasteiger partial charge >= 0.3 is 5.97 Å². The molecule has 0 atom stereocenters. The average Bonchev–Trinajstić information content (AvgIpc) is 2.70. The van der Waals surface area contributed by atoms with Crippen molar-refractivity contribution < 1.29 is 9.53 Å². The Morgan fingerprint density at radius 2 is 2.25 bits per heavy atom. The summed E-state index contributed by atoms with van der Waals surface area (Å²) >= 11 is 1.38. The molecule has 0 aromatic carbocycles. The van der Waals surface area contributed by atoms with Gasteiger partial charge in [0.1, 0.15) is 9.71 Å². The molecule has 0 fully saturated rings. The zero-order valence-corrected chi connectivity index (χ0v) is 10.3. The highest BCUT2D eigenvalue weighted by Crippen LogP contribution is 2.30. The van der Waals surface area contributed by atoms with Crippen LogP contribution in [-0.2, 0) is 4.74 Å². The second-order valence-electron chi connectivity index (χ2n) is 3.88. The molecule has 0 N–H and O–H groups in total. The van der Waals surface area contributed by atoms with Crippen LogP contribution >= 0.6 is 11.3 Å². The zero-order valence-electron chi connectivity index (χ0n) is 9.48. The Bertz CT molecular complexity index is 531. The van der Waals surface area contributed by atoms with Crippen LogP contribution in [0.1, 0.15) is 35.0 Å². The lowest BCUT2D eigenvalue weighted by Crippen LogP contribution is -1.96. The number of hydrogen-bond donors (Lipinski definition) is 0. The molecular weight excluding hydrogens is 222 g/mol. The molecule has 2 aromatic rings. The largest absolute Gasteiger partial charge is 0.465 e. The van der Waals surface area contributed by atoms with Crippen LogP contribution in [0.3, 0.4) is 0 Å². The van der Waals surface area contributed by atoms with E-state index in [4.69, 9.17) is 4.74 Å². The maximum atomic E-state index is 11.4. The smallest absolute Gasteiger partial charge is 0.348 e. The van der Waals surface area contributed by atoms with E-state index in [0.717, 1.165) is 10.2 Å². The molecule has 0 aliphatic rings. The quantitative estimate of drug-likeness (QED) is 0.750. The molecule has 0 aliphatic heterocycles. The SMILES string of the molecule is COC(=O)c1cc2c(C(C)C)ccnc2s1. The molecule has 16 heavy (non-hydrogen) atoms. The van der Waals surface area contributed by atoms with E-state index in [9.17, 15) is 4.79 Å². The van der Waals surface area contributed by atoms with Crippen LogP contribution in [0.2, 0.25) is 0 Å². The monoisotopic (exact) mass is 235 g/mol. The second kappa shape index (κ2) is 4.22. The lowest BCUT2D eigenvalue weighted by atomic mass is 10.0. The minimum absolute atomic E-state index is 0.294. The van der Waals surface area contributed by atoms with E-state index in [0.29, 0.717) is 10.8 Å². The molecule has 3 nitrogen and oxygen atoms in total. The Kier molecular flexibility index (Phi) is 2.92. The Morgan fingerprint density at radius 1 is 1.50 bits per heavy atom. The lowest BCUT2D eigenvalue weighted by molar-refractivity contribution is 0.0606. The molecule has 0 saturated heterocycles. The van der Waals surface area contributed by atoms with Crippen LogP contribution in [-0.4, -0.2) is 18.1 Å². The summed E-state index contributed by atoms with van der Waals surface area (Å²) in [5, 5.41) is 1.06. The molecule has 4 heteroatoms. The fourth-order valence-corrected chi connectivity index (χ4v) is 2.62. The van der Waals surface area contributed by atoms with Gasteiger partial charge < -0.3 is 4.74 Å². The molecule has 0 amide bonds. The van der Waals surface area contributed by atoms with Gasteiger partial charge in [0.25, 0.3) is 0 Å². The van der Waals surface area contributed by atoms with Gasteiger partial charge in [-0.15, -0.1) is 11.3 Å². The van der Waals surface area contributed by atoms with Gasteiger partial charge in [0, 0.05) is 11.6 Å². The van der Waals surface area contributed by atoms with Gasteiger partial charge in [0.15, 0.2) is 0 Å². The Hall–Kier alpha value is -1.42. The highest BCUT2D eigenvalue weighted by molar-refractivity contribution is 7.20. The van der Waals surface area contributed by atoms with Crippen LogP contribution in [0.5, 0.6) is 0 Å². The Balaban J connectivity index is 2.61. The number of nitrogens with zero attached hydrogens (tertiary/aromatic N) is 1. The summed E-state index contributed by atoms with van der Waals surface area (Å²) in [6.07, 6.45) is 1.79. The van der Waals surface area contributed by atoms with Crippen molar-refractivity contribution in [3.8, 4) is 0 Å². The first kappa shape index (κ1) is 11.1. The van der Waals surface area contributed by atoms with Gasteiger partial charge in [0.05, 0.1) is 7.11 Å². The number of rotatable bonds is 2. The number of aromatic nitrogens is 1. The maximum absolute atomic E-state index is 11.4. The molecule has 2 heterocycles. The maximum Gasteiger partial charge on any atom is 0.348 e. The number of methoxy groups -OCH3 is 1. The van der Waals surface area contributed by atoms with E-state index >= 15 is 0 Å². The summed E-state index contributed by atoms with van der Waals surface area (Å²) in [5.74, 6) is 0.128. The molecule has 2 rings (SSSR count). The fraction of sp³-hybridized carbons (Fsp3) is 0.333. The standard InChI is InChI=1S/C12H13NO2S/c1-7(2)8-4-5-13-11-9(8)6-10(16-11)12(14)15-3/h4-7H,1-3H3. The zero-order chi connectivity index (χ0) is 11.7. The normalized spacial score (nSPS) is 11.0. The van der Waals surface area contributed by atoms with Crippen molar-refractivity contribution in [3.63, 3.8) is 0 Å². The Morgan fingerprint density at radius 3 is 2.88 bits per heavy atom. The van der Waals surface area contributed by atoms with Gasteiger partial charge in [-0.2, -0.15) is 0 Å². The van der Waals surface area contributed by atoms with Crippen molar-refractivity contribution in [2.75, 3.05) is 7.11 Å². The molecule has 0 bridgehead atoms. The van der Waals surface area contributed by atoms with Gasteiger partial charge in [-0.3, -0.25) is 0 Å². The molecule has 2 aromatic heterocycles. The molecule has 84 valence electrons. The second-order valence-corrected chi connectivity index (χ2v) is 4.91. The van der Waals surface area contributed by atoms with Crippen molar-refractivity contribution in [2.45, 2.75) is 19.8 Å². The highest BCUT2D eigenvalue weighted by atomic mass is 32.1. The first-order valence-corrected chi connectivity index (χ1v) is 5.92. The number of esters is 1. The van der Waals surface area contributed by atoms with Gasteiger partial charge in [-0.1, -0.05) is 13.8 Å². The summed E-state index contributed by atoms with van der Waals surface area (Å²) in [6, 6.07) is 3.87. The van der Waals surface area contributed by atoms with Gasteiger partial charge in [-0.05, 0) is 23.6 Å². The average molecular weight is 235 g/mol. The van der Waals surface area contributed by atoms with E-state index < -0.39 is 0 Å². The van der Waals surface area contributed by atoms with E-state index in [2.05, 4.69) is 18.8 Å². The number of fused-ring (bicyclic) bond motifs is 1. The minimum atomic E-state index is -0.294. The third-order valence-corrected chi connectivity index (χ3v) is 3.50. The third-order valence-electron chi connectivity index (χ3n) is 2.48. The predicted octanol–water partition coefficient (Wildman–Crippen LogP) is 3.21. The van der Waals surface area contributed by atoms with E-state index in [-0.39, 0.29) is 5.97 Å². The summed E-state index contributed by atoms with van der Waals surface area (Å²) in [5.41, 5.74) is 1.22. The van der Waals surface area contributed by atoms with E-state index in [1.165, 1.54) is 24.0 Å². The van der Waals surface area contributed by atoms with Gasteiger partial charge in [-0.25, -0.2) is 9.78 Å². The van der Waals surface area contributed by atoms with Crippen molar-refractivity contribution in [2.24, 2.45) is 0 Å². The minimum Gasteiger partial charge on any atom is -0.465 e. The number of hydrogen-bond acceptors (Lipinski definition) is 4.